The number of aromatic nitrogens is 1. The van der Waals surface area contributed by atoms with Crippen molar-refractivity contribution in [3.05, 3.63) is 71.9 Å². The summed E-state index contributed by atoms with van der Waals surface area (Å²) in [6.07, 6.45) is 2.26. The van der Waals surface area contributed by atoms with Crippen LogP contribution in [0.4, 0.5) is 0 Å². The van der Waals surface area contributed by atoms with Crippen molar-refractivity contribution in [2.45, 2.75) is 44.8 Å². The minimum absolute atomic E-state index is 0.184. The molecule has 1 heterocycles. The molecule has 2 aromatic carbocycles. The number of amides is 3. The molecule has 0 fully saturated rings. The van der Waals surface area contributed by atoms with Gasteiger partial charge >= 0.3 is 5.97 Å². The minimum atomic E-state index is -1.16. The first-order chi connectivity index (χ1) is 17.7. The predicted octanol–water partition coefficient (Wildman–Crippen LogP) is 1.11. The third kappa shape index (κ3) is 7.65. The Balaban J connectivity index is 1.65. The third-order valence-electron chi connectivity index (χ3n) is 6.04. The number of carbonyl (C=O) groups is 4. The topological polar surface area (TPSA) is 166 Å². The number of nitrogens with one attached hydrogen (secondary N) is 4. The number of hydrogen-bond donors (Lipinski definition) is 6. The number of carbonyl (C=O) groups excluding carboxylic acids is 3. The van der Waals surface area contributed by atoms with Crippen LogP contribution < -0.4 is 21.7 Å². The summed E-state index contributed by atoms with van der Waals surface area (Å²) in [5.41, 5.74) is 8.83. The van der Waals surface area contributed by atoms with Gasteiger partial charge in [0.15, 0.2) is 0 Å². The SMILES string of the molecule is CC(C)C(NC(=O)CNC(=O)C(Cc1ccccc1)NC(=O)C(N)Cc1c[nH]c2ccccc12)C(=O)O. The highest BCUT2D eigenvalue weighted by atomic mass is 16.4. The number of benzene rings is 2. The highest BCUT2D eigenvalue weighted by Crippen LogP contribution is 2.18. The zero-order valence-corrected chi connectivity index (χ0v) is 20.9. The van der Waals surface area contributed by atoms with Crippen LogP contribution >= 0.6 is 0 Å². The van der Waals surface area contributed by atoms with Crippen LogP contribution in [0.25, 0.3) is 10.9 Å². The second kappa shape index (κ2) is 12.7. The summed E-state index contributed by atoms with van der Waals surface area (Å²) in [5, 5.41) is 17.8. The maximum atomic E-state index is 13.0. The van der Waals surface area contributed by atoms with E-state index in [4.69, 9.17) is 5.73 Å². The third-order valence-corrected chi connectivity index (χ3v) is 6.04. The molecular formula is C27H33N5O5. The van der Waals surface area contributed by atoms with Crippen molar-refractivity contribution in [2.75, 3.05) is 6.54 Å². The van der Waals surface area contributed by atoms with Crippen molar-refractivity contribution in [3.63, 3.8) is 0 Å². The average molecular weight is 508 g/mol. The van der Waals surface area contributed by atoms with Crippen LogP contribution in [-0.2, 0) is 32.0 Å². The van der Waals surface area contributed by atoms with E-state index in [0.29, 0.717) is 0 Å². The van der Waals surface area contributed by atoms with Gasteiger partial charge in [0.05, 0.1) is 12.6 Å². The number of para-hydroxylation sites is 1. The van der Waals surface area contributed by atoms with Crippen molar-refractivity contribution in [1.82, 2.24) is 20.9 Å². The van der Waals surface area contributed by atoms with Crippen molar-refractivity contribution >= 4 is 34.6 Å². The fraction of sp³-hybridized carbons (Fsp3) is 0.333. The van der Waals surface area contributed by atoms with E-state index in [2.05, 4.69) is 20.9 Å². The Bertz CT molecular complexity index is 1240. The number of aliphatic carboxylic acids is 1. The molecular weight excluding hydrogens is 474 g/mol. The van der Waals surface area contributed by atoms with E-state index in [1.165, 1.54) is 0 Å². The zero-order chi connectivity index (χ0) is 26.9. The van der Waals surface area contributed by atoms with Gasteiger partial charge in [-0.1, -0.05) is 62.4 Å². The molecule has 3 rings (SSSR count). The fourth-order valence-electron chi connectivity index (χ4n) is 4.00. The molecule has 7 N–H and O–H groups in total. The fourth-order valence-corrected chi connectivity index (χ4v) is 4.00. The van der Waals surface area contributed by atoms with E-state index in [-0.39, 0.29) is 18.8 Å². The molecule has 37 heavy (non-hydrogen) atoms. The highest BCUT2D eigenvalue weighted by Gasteiger charge is 2.27. The van der Waals surface area contributed by atoms with Gasteiger partial charge < -0.3 is 31.8 Å². The number of carboxylic acid groups (broad SMARTS) is 1. The van der Waals surface area contributed by atoms with Crippen LogP contribution in [0.3, 0.4) is 0 Å². The molecule has 0 radical (unpaired) electrons. The molecule has 1 aromatic heterocycles. The quantitative estimate of drug-likeness (QED) is 0.215. The lowest BCUT2D eigenvalue weighted by molar-refractivity contribution is -0.143. The zero-order valence-electron chi connectivity index (χ0n) is 20.9. The summed E-state index contributed by atoms with van der Waals surface area (Å²) < 4.78 is 0. The average Bonchev–Trinajstić information content (AvgIpc) is 3.28. The van der Waals surface area contributed by atoms with Gasteiger partial charge in [-0.2, -0.15) is 0 Å². The molecule has 3 amide bonds. The first-order valence-electron chi connectivity index (χ1n) is 12.1. The summed E-state index contributed by atoms with van der Waals surface area (Å²) in [6, 6.07) is 13.8. The number of rotatable bonds is 12. The normalized spacial score (nSPS) is 13.5. The highest BCUT2D eigenvalue weighted by molar-refractivity contribution is 5.93. The van der Waals surface area contributed by atoms with Crippen LogP contribution in [0.5, 0.6) is 0 Å². The van der Waals surface area contributed by atoms with Gasteiger partial charge in [0.2, 0.25) is 17.7 Å². The molecule has 0 aliphatic carbocycles. The second-order valence-electron chi connectivity index (χ2n) is 9.27. The standard InChI is InChI=1S/C27H33N5O5/c1-16(2)24(27(36)37)32-23(33)15-30-26(35)22(12-17-8-4-3-5-9-17)31-25(34)20(28)13-18-14-29-21-11-7-6-10-19(18)21/h3-11,14,16,20,22,24,29H,12-13,15,28H2,1-2H3,(H,30,35)(H,31,34)(H,32,33)(H,36,37). The Labute approximate surface area is 215 Å². The van der Waals surface area contributed by atoms with Crippen molar-refractivity contribution < 1.29 is 24.3 Å². The molecule has 10 nitrogen and oxygen atoms in total. The molecule has 0 aliphatic rings. The molecule has 0 aliphatic heterocycles. The van der Waals surface area contributed by atoms with E-state index in [9.17, 15) is 24.3 Å². The molecule has 0 spiro atoms. The summed E-state index contributed by atoms with van der Waals surface area (Å²) >= 11 is 0. The smallest absolute Gasteiger partial charge is 0.326 e. The Hall–Kier alpha value is -4.18. The van der Waals surface area contributed by atoms with Gasteiger partial charge in [-0.05, 0) is 29.5 Å². The lowest BCUT2D eigenvalue weighted by Gasteiger charge is -2.22. The molecule has 3 atom stereocenters. The maximum Gasteiger partial charge on any atom is 0.326 e. The molecule has 0 saturated carbocycles. The predicted molar refractivity (Wildman–Crippen MR) is 139 cm³/mol. The van der Waals surface area contributed by atoms with Gasteiger partial charge in [-0.15, -0.1) is 0 Å². The first-order valence-corrected chi connectivity index (χ1v) is 12.1. The monoisotopic (exact) mass is 507 g/mol. The molecule has 196 valence electrons. The van der Waals surface area contributed by atoms with Crippen LogP contribution in [0.2, 0.25) is 0 Å². The van der Waals surface area contributed by atoms with Crippen LogP contribution in [0.15, 0.2) is 60.8 Å². The van der Waals surface area contributed by atoms with Gasteiger partial charge in [0.1, 0.15) is 12.1 Å². The Morgan fingerprint density at radius 3 is 2.27 bits per heavy atom. The van der Waals surface area contributed by atoms with E-state index in [0.717, 1.165) is 22.0 Å². The number of carboxylic acids is 1. The maximum absolute atomic E-state index is 13.0. The van der Waals surface area contributed by atoms with Gasteiger partial charge in [0, 0.05) is 23.5 Å². The molecule has 0 saturated heterocycles. The minimum Gasteiger partial charge on any atom is -0.480 e. The summed E-state index contributed by atoms with van der Waals surface area (Å²) in [7, 11) is 0. The summed E-state index contributed by atoms with van der Waals surface area (Å²) in [6.45, 7) is 2.91. The molecule has 0 bridgehead atoms. The van der Waals surface area contributed by atoms with Crippen molar-refractivity contribution in [2.24, 2.45) is 11.7 Å². The molecule has 3 aromatic rings. The Morgan fingerprint density at radius 2 is 1.59 bits per heavy atom. The number of H-pyrrole nitrogens is 1. The van der Waals surface area contributed by atoms with E-state index >= 15 is 0 Å². The van der Waals surface area contributed by atoms with Gasteiger partial charge in [-0.3, -0.25) is 14.4 Å². The van der Waals surface area contributed by atoms with E-state index < -0.39 is 48.4 Å². The largest absolute Gasteiger partial charge is 0.480 e. The van der Waals surface area contributed by atoms with Crippen LogP contribution in [0.1, 0.15) is 25.0 Å². The van der Waals surface area contributed by atoms with E-state index in [1.807, 2.05) is 60.8 Å². The lowest BCUT2D eigenvalue weighted by Crippen LogP contribution is -2.54. The van der Waals surface area contributed by atoms with Gasteiger partial charge in [-0.25, -0.2) is 4.79 Å². The first kappa shape index (κ1) is 27.4. The Kier molecular flexibility index (Phi) is 9.39. The molecule has 10 heteroatoms. The van der Waals surface area contributed by atoms with Gasteiger partial charge in [0.25, 0.3) is 0 Å². The Morgan fingerprint density at radius 1 is 0.919 bits per heavy atom. The number of hydrogen-bond acceptors (Lipinski definition) is 5. The van der Waals surface area contributed by atoms with Crippen molar-refractivity contribution in [3.8, 4) is 0 Å². The number of nitrogens with two attached hydrogens (primary N) is 1. The number of aromatic amines is 1. The summed E-state index contributed by atoms with van der Waals surface area (Å²) in [4.78, 5) is 52.7. The summed E-state index contributed by atoms with van der Waals surface area (Å²) in [5.74, 6) is -3.22. The number of fused-ring (bicyclic) bond motifs is 1. The molecule has 3 unspecified atom stereocenters. The van der Waals surface area contributed by atoms with Crippen LogP contribution in [-0.4, -0.2) is 58.5 Å². The van der Waals surface area contributed by atoms with Crippen LogP contribution in [0, 0.1) is 5.92 Å². The van der Waals surface area contributed by atoms with Crippen molar-refractivity contribution in [1.29, 1.82) is 0 Å². The van der Waals surface area contributed by atoms with E-state index in [1.54, 1.807) is 13.8 Å². The second-order valence-corrected chi connectivity index (χ2v) is 9.27. The lowest BCUT2D eigenvalue weighted by atomic mass is 10.0.